The van der Waals surface area contributed by atoms with Crippen molar-refractivity contribution in [3.05, 3.63) is 111 Å². The number of amides is 1. The highest BCUT2D eigenvalue weighted by Gasteiger charge is 2.46. The van der Waals surface area contributed by atoms with Gasteiger partial charge in [0.05, 0.1) is 23.6 Å². The van der Waals surface area contributed by atoms with Gasteiger partial charge in [-0.05, 0) is 47.9 Å². The number of aromatic nitrogens is 1. The van der Waals surface area contributed by atoms with Crippen molar-refractivity contribution < 1.29 is 28.7 Å². The number of aliphatic hydroxyl groups excluding tert-OH is 1. The van der Waals surface area contributed by atoms with Gasteiger partial charge in [0.15, 0.2) is 0 Å². The van der Waals surface area contributed by atoms with Crippen molar-refractivity contribution in [1.29, 1.82) is 0 Å². The number of ketones is 1. The maximum Gasteiger partial charge on any atom is 0.295 e. The predicted molar refractivity (Wildman–Crippen MR) is 137 cm³/mol. The Balaban J connectivity index is 1.56. The highest BCUT2D eigenvalue weighted by atomic mass is 19.1. The number of H-pyrrole nitrogens is 1. The van der Waals surface area contributed by atoms with E-state index in [2.05, 4.69) is 4.98 Å². The maximum atomic E-state index is 13.7. The van der Waals surface area contributed by atoms with Gasteiger partial charge >= 0.3 is 0 Å². The molecule has 5 rings (SSSR count). The molecule has 1 aromatic heterocycles. The standard InChI is InChI=1S/C28H22FN3O6/c1-38-21-9-10-23-22(14-21)18(15-30-23)11-12-31-25(16-5-7-19(29)8-6-16)24(27(34)28(31)35)26(33)17-3-2-4-20(13-17)32(36)37/h2-10,13-15,25,30,33H,11-12H2,1H3/t25-/m0/s1. The molecule has 1 atom stereocenters. The summed E-state index contributed by atoms with van der Waals surface area (Å²) in [5.41, 5.74) is 1.70. The smallest absolute Gasteiger partial charge is 0.295 e. The largest absolute Gasteiger partial charge is 0.507 e. The normalized spacial score (nSPS) is 16.8. The number of carbonyl (C=O) groups excluding carboxylic acids is 2. The number of hydrogen-bond donors (Lipinski definition) is 2. The lowest BCUT2D eigenvalue weighted by Crippen LogP contribution is -2.31. The molecule has 192 valence electrons. The molecule has 2 N–H and O–H groups in total. The minimum absolute atomic E-state index is 0.0213. The summed E-state index contributed by atoms with van der Waals surface area (Å²) in [5, 5.41) is 23.3. The van der Waals surface area contributed by atoms with Gasteiger partial charge in [-0.3, -0.25) is 19.7 Å². The van der Waals surface area contributed by atoms with Crippen molar-refractivity contribution in [3.8, 4) is 5.75 Å². The summed E-state index contributed by atoms with van der Waals surface area (Å²) in [6, 6.07) is 15.0. The lowest BCUT2D eigenvalue weighted by atomic mass is 9.95. The molecule has 0 radical (unpaired) electrons. The highest BCUT2D eigenvalue weighted by molar-refractivity contribution is 6.46. The number of aliphatic hydroxyl groups is 1. The number of ether oxygens (including phenoxy) is 1. The summed E-state index contributed by atoms with van der Waals surface area (Å²) >= 11 is 0. The first-order valence-corrected chi connectivity index (χ1v) is 11.7. The first-order chi connectivity index (χ1) is 18.3. The first kappa shape index (κ1) is 24.7. The fourth-order valence-corrected chi connectivity index (χ4v) is 4.76. The summed E-state index contributed by atoms with van der Waals surface area (Å²) < 4.78 is 19.0. The fraction of sp³-hybridized carbons (Fsp3) is 0.143. The molecule has 38 heavy (non-hydrogen) atoms. The van der Waals surface area contributed by atoms with Crippen molar-refractivity contribution in [2.45, 2.75) is 12.5 Å². The van der Waals surface area contributed by atoms with Gasteiger partial charge in [0, 0.05) is 41.3 Å². The van der Waals surface area contributed by atoms with Crippen molar-refractivity contribution >= 4 is 34.0 Å². The molecule has 1 aliphatic rings. The lowest BCUT2D eigenvalue weighted by Gasteiger charge is -2.25. The molecule has 0 unspecified atom stereocenters. The molecule has 4 aromatic rings. The van der Waals surface area contributed by atoms with E-state index in [1.165, 1.54) is 47.4 Å². The van der Waals surface area contributed by atoms with E-state index in [9.17, 15) is 29.2 Å². The number of nitro groups is 1. The Kier molecular flexibility index (Phi) is 6.38. The number of Topliss-reactive ketones (excluding diaryl/α,β-unsaturated/α-hetero) is 1. The van der Waals surface area contributed by atoms with Crippen LogP contribution in [0.4, 0.5) is 10.1 Å². The average Bonchev–Trinajstić information content (AvgIpc) is 3.44. The topological polar surface area (TPSA) is 126 Å². The molecule has 0 spiro atoms. The Morgan fingerprint density at radius 1 is 1.13 bits per heavy atom. The monoisotopic (exact) mass is 515 g/mol. The number of methoxy groups -OCH3 is 1. The van der Waals surface area contributed by atoms with Crippen LogP contribution in [0.3, 0.4) is 0 Å². The van der Waals surface area contributed by atoms with Crippen LogP contribution in [0, 0.1) is 15.9 Å². The first-order valence-electron chi connectivity index (χ1n) is 11.7. The van der Waals surface area contributed by atoms with Crippen molar-refractivity contribution in [2.75, 3.05) is 13.7 Å². The number of nitro benzene ring substituents is 1. The van der Waals surface area contributed by atoms with E-state index in [1.54, 1.807) is 7.11 Å². The van der Waals surface area contributed by atoms with Crippen LogP contribution < -0.4 is 4.74 Å². The number of likely N-dealkylation sites (tertiary alicyclic amines) is 1. The Hall–Kier alpha value is -4.99. The fourth-order valence-electron chi connectivity index (χ4n) is 4.76. The summed E-state index contributed by atoms with van der Waals surface area (Å²) in [4.78, 5) is 41.6. The third kappa shape index (κ3) is 4.36. The van der Waals surface area contributed by atoms with Crippen LogP contribution in [0.15, 0.2) is 78.5 Å². The summed E-state index contributed by atoms with van der Waals surface area (Å²) in [7, 11) is 1.57. The van der Waals surface area contributed by atoms with E-state index in [-0.39, 0.29) is 23.4 Å². The van der Waals surface area contributed by atoms with Crippen LogP contribution in [-0.2, 0) is 16.0 Å². The molecule has 9 nitrogen and oxygen atoms in total. The number of benzene rings is 3. The van der Waals surface area contributed by atoms with E-state index in [0.29, 0.717) is 17.7 Å². The molecule has 1 saturated heterocycles. The third-order valence-corrected chi connectivity index (χ3v) is 6.65. The molecule has 3 aromatic carbocycles. The van der Waals surface area contributed by atoms with Crippen LogP contribution >= 0.6 is 0 Å². The van der Waals surface area contributed by atoms with Gasteiger partial charge < -0.3 is 19.7 Å². The van der Waals surface area contributed by atoms with Gasteiger partial charge in [0.1, 0.15) is 17.3 Å². The minimum Gasteiger partial charge on any atom is -0.507 e. The Labute approximate surface area is 215 Å². The molecular weight excluding hydrogens is 493 g/mol. The van der Waals surface area contributed by atoms with Crippen molar-refractivity contribution in [2.24, 2.45) is 0 Å². The van der Waals surface area contributed by atoms with Crippen LogP contribution in [0.25, 0.3) is 16.7 Å². The van der Waals surface area contributed by atoms with Crippen LogP contribution in [0.2, 0.25) is 0 Å². The molecule has 0 saturated carbocycles. The third-order valence-electron chi connectivity index (χ3n) is 6.65. The number of nitrogens with zero attached hydrogens (tertiary/aromatic N) is 2. The predicted octanol–water partition coefficient (Wildman–Crippen LogP) is 4.89. The zero-order valence-electron chi connectivity index (χ0n) is 20.2. The molecule has 10 heteroatoms. The van der Waals surface area contributed by atoms with E-state index in [4.69, 9.17) is 4.74 Å². The SMILES string of the molecule is COc1ccc2[nH]cc(CCN3C(=O)C(=O)C(=C(O)c4cccc([N+](=O)[O-])c4)[C@@H]3c3ccc(F)cc3)c2c1. The second kappa shape index (κ2) is 9.81. The Morgan fingerprint density at radius 2 is 1.89 bits per heavy atom. The van der Waals surface area contributed by atoms with Crippen LogP contribution in [0.5, 0.6) is 5.75 Å². The van der Waals surface area contributed by atoms with Crippen LogP contribution in [0.1, 0.15) is 22.7 Å². The van der Waals surface area contributed by atoms with Gasteiger partial charge in [0.25, 0.3) is 17.4 Å². The summed E-state index contributed by atoms with van der Waals surface area (Å²) in [5.74, 6) is -2.13. The second-order valence-corrected chi connectivity index (χ2v) is 8.83. The van der Waals surface area contributed by atoms with Crippen LogP contribution in [-0.4, -0.2) is 45.3 Å². The molecule has 1 amide bonds. The summed E-state index contributed by atoms with van der Waals surface area (Å²) in [6.07, 6.45) is 2.19. The van der Waals surface area contributed by atoms with Gasteiger partial charge in [-0.25, -0.2) is 4.39 Å². The molecule has 1 aliphatic heterocycles. The number of hydrogen-bond acceptors (Lipinski definition) is 6. The van der Waals surface area contributed by atoms with Gasteiger partial charge in [-0.1, -0.05) is 24.3 Å². The second-order valence-electron chi connectivity index (χ2n) is 8.83. The van der Waals surface area contributed by atoms with Gasteiger partial charge in [-0.15, -0.1) is 0 Å². The van der Waals surface area contributed by atoms with E-state index in [0.717, 1.165) is 22.5 Å². The van der Waals surface area contributed by atoms with E-state index >= 15 is 0 Å². The molecule has 0 aliphatic carbocycles. The molecule has 2 heterocycles. The zero-order chi connectivity index (χ0) is 27.0. The number of aromatic amines is 1. The van der Waals surface area contributed by atoms with Gasteiger partial charge in [0.2, 0.25) is 0 Å². The highest BCUT2D eigenvalue weighted by Crippen LogP contribution is 2.40. The number of non-ortho nitro benzene ring substituents is 1. The van der Waals surface area contributed by atoms with Gasteiger partial charge in [-0.2, -0.15) is 0 Å². The Morgan fingerprint density at radius 3 is 2.61 bits per heavy atom. The number of halogens is 1. The molecule has 1 fully saturated rings. The minimum atomic E-state index is -1.02. The summed E-state index contributed by atoms with van der Waals surface area (Å²) in [6.45, 7) is 0.114. The zero-order valence-corrected chi connectivity index (χ0v) is 20.2. The van der Waals surface area contributed by atoms with Crippen molar-refractivity contribution in [3.63, 3.8) is 0 Å². The molecule has 0 bridgehead atoms. The quantitative estimate of drug-likeness (QED) is 0.119. The lowest BCUT2D eigenvalue weighted by molar-refractivity contribution is -0.384. The van der Waals surface area contributed by atoms with E-state index < -0.39 is 34.2 Å². The average molecular weight is 515 g/mol. The number of carbonyl (C=O) groups is 2. The molecular formula is C28H22FN3O6. The number of fused-ring (bicyclic) bond motifs is 1. The number of nitrogens with one attached hydrogen (secondary N) is 1. The maximum absolute atomic E-state index is 13.7. The number of rotatable bonds is 7. The van der Waals surface area contributed by atoms with Crippen molar-refractivity contribution in [1.82, 2.24) is 9.88 Å². The Bertz CT molecular complexity index is 1610. The van der Waals surface area contributed by atoms with E-state index in [1.807, 2.05) is 24.4 Å².